The molecule has 8 nitrogen and oxygen atoms in total. The molecule has 0 saturated heterocycles. The topological polar surface area (TPSA) is 132 Å². The molecule has 3 rings (SSSR count). The number of ketones is 1. The van der Waals surface area contributed by atoms with Crippen LogP contribution in [0.25, 0.3) is 16.6 Å². The van der Waals surface area contributed by atoms with E-state index in [-0.39, 0.29) is 22.9 Å². The number of fused-ring (bicyclic) bond motifs is 1. The summed E-state index contributed by atoms with van der Waals surface area (Å²) in [5.41, 5.74) is 2.86. The van der Waals surface area contributed by atoms with Crippen LogP contribution < -0.4 is 0 Å². The van der Waals surface area contributed by atoms with Gasteiger partial charge in [0.05, 0.1) is 11.0 Å². The minimum Gasteiger partial charge on any atom is -0.507 e. The highest BCUT2D eigenvalue weighted by Crippen LogP contribution is 2.21. The van der Waals surface area contributed by atoms with E-state index in [0.29, 0.717) is 27.9 Å². The van der Waals surface area contributed by atoms with Crippen molar-refractivity contribution in [2.24, 2.45) is 0 Å². The number of aromatic amines is 2. The van der Waals surface area contributed by atoms with Crippen molar-refractivity contribution in [3.8, 4) is 6.07 Å². The van der Waals surface area contributed by atoms with Crippen LogP contribution in [0.5, 0.6) is 0 Å². The maximum Gasteiger partial charge on any atom is 0.355 e. The Kier molecular flexibility index (Phi) is 5.00. The molecule has 0 radical (unpaired) electrons. The average Bonchev–Trinajstić information content (AvgIpc) is 3.20. The van der Waals surface area contributed by atoms with E-state index in [1.54, 1.807) is 32.0 Å². The summed E-state index contributed by atoms with van der Waals surface area (Å²) < 4.78 is 5.12. The van der Waals surface area contributed by atoms with E-state index in [4.69, 9.17) is 4.74 Å². The predicted molar refractivity (Wildman–Crippen MR) is 102 cm³/mol. The number of rotatable bonds is 5. The van der Waals surface area contributed by atoms with Crippen LogP contribution in [0.1, 0.15) is 44.9 Å². The van der Waals surface area contributed by atoms with Gasteiger partial charge >= 0.3 is 5.97 Å². The molecule has 3 N–H and O–H groups in total. The first-order valence-electron chi connectivity index (χ1n) is 8.48. The number of benzene rings is 1. The number of H-pyrrole nitrogens is 2. The molecule has 3 aromatic rings. The number of ether oxygens (including phenoxy) is 1. The summed E-state index contributed by atoms with van der Waals surface area (Å²) in [5, 5.41) is 19.6. The number of para-hydroxylation sites is 2. The number of nitrogens with one attached hydrogen (secondary N) is 2. The molecule has 2 heterocycles. The van der Waals surface area contributed by atoms with Gasteiger partial charge in [-0.3, -0.25) is 4.79 Å². The molecule has 28 heavy (non-hydrogen) atoms. The first-order valence-corrected chi connectivity index (χ1v) is 8.48. The molecule has 2 aromatic heterocycles. The molecule has 0 saturated carbocycles. The Morgan fingerprint density at radius 1 is 1.25 bits per heavy atom. The van der Waals surface area contributed by atoms with E-state index >= 15 is 0 Å². The fraction of sp³-hybridized carbons (Fsp3) is 0.200. The largest absolute Gasteiger partial charge is 0.507 e. The van der Waals surface area contributed by atoms with Crippen LogP contribution in [-0.4, -0.2) is 38.4 Å². The monoisotopic (exact) mass is 378 g/mol. The minimum atomic E-state index is -0.735. The summed E-state index contributed by atoms with van der Waals surface area (Å²) >= 11 is 0. The van der Waals surface area contributed by atoms with Crippen LogP contribution in [0, 0.1) is 25.2 Å². The van der Waals surface area contributed by atoms with Crippen molar-refractivity contribution in [3.05, 3.63) is 58.4 Å². The van der Waals surface area contributed by atoms with Crippen molar-refractivity contribution in [2.75, 3.05) is 6.61 Å². The first-order chi connectivity index (χ1) is 13.3. The summed E-state index contributed by atoms with van der Waals surface area (Å²) in [4.78, 5) is 34.1. The van der Waals surface area contributed by atoms with Gasteiger partial charge in [-0.05, 0) is 38.5 Å². The zero-order valence-electron chi connectivity index (χ0n) is 15.6. The number of Topliss-reactive ketones (excluding diaryl/α,β-unsaturated/α-hetero) is 1. The standard InChI is InChI=1S/C20H18N4O4/c1-10-17(12(3)25)11(2)22-18(10)20(27)28-9-16(26)13(8-21)19-23-14-6-4-5-7-15(14)24-19/h4-7,22,26H,9H2,1-3H3,(H,23,24)/b16-13-. The number of aliphatic hydroxyl groups is 1. The Morgan fingerprint density at radius 3 is 2.57 bits per heavy atom. The molecule has 0 bridgehead atoms. The number of nitrogens with zero attached hydrogens (tertiary/aromatic N) is 2. The highest BCUT2D eigenvalue weighted by atomic mass is 16.5. The molecule has 8 heteroatoms. The third kappa shape index (κ3) is 3.38. The highest BCUT2D eigenvalue weighted by molar-refractivity contribution is 6.01. The average molecular weight is 378 g/mol. The van der Waals surface area contributed by atoms with Gasteiger partial charge in [0, 0.05) is 11.3 Å². The van der Waals surface area contributed by atoms with E-state index in [1.165, 1.54) is 6.92 Å². The summed E-state index contributed by atoms with van der Waals surface area (Å²) in [5.74, 6) is -1.14. The summed E-state index contributed by atoms with van der Waals surface area (Å²) in [7, 11) is 0. The van der Waals surface area contributed by atoms with Crippen LogP contribution in [0.2, 0.25) is 0 Å². The molecule has 0 amide bonds. The molecule has 0 spiro atoms. The van der Waals surface area contributed by atoms with Crippen molar-refractivity contribution < 1.29 is 19.4 Å². The molecule has 1 aromatic carbocycles. The summed E-state index contributed by atoms with van der Waals surface area (Å²) in [6.45, 7) is 4.24. The summed E-state index contributed by atoms with van der Waals surface area (Å²) in [6, 6.07) is 9.06. The molecular weight excluding hydrogens is 360 g/mol. The number of esters is 1. The van der Waals surface area contributed by atoms with Gasteiger partial charge in [-0.25, -0.2) is 9.78 Å². The molecule has 142 valence electrons. The molecule has 0 aliphatic heterocycles. The van der Waals surface area contributed by atoms with E-state index in [9.17, 15) is 20.0 Å². The van der Waals surface area contributed by atoms with E-state index in [2.05, 4.69) is 15.0 Å². The smallest absolute Gasteiger partial charge is 0.355 e. The number of aliphatic hydroxyl groups excluding tert-OH is 1. The summed E-state index contributed by atoms with van der Waals surface area (Å²) in [6.07, 6.45) is 0. The van der Waals surface area contributed by atoms with Gasteiger partial charge in [0.1, 0.15) is 23.9 Å². The van der Waals surface area contributed by atoms with Gasteiger partial charge in [-0.2, -0.15) is 5.26 Å². The van der Waals surface area contributed by atoms with Crippen LogP contribution in [0.15, 0.2) is 30.0 Å². The highest BCUT2D eigenvalue weighted by Gasteiger charge is 2.22. The van der Waals surface area contributed by atoms with Gasteiger partial charge in [-0.15, -0.1) is 0 Å². The van der Waals surface area contributed by atoms with Gasteiger partial charge in [0.15, 0.2) is 17.4 Å². The van der Waals surface area contributed by atoms with E-state index < -0.39 is 18.3 Å². The number of hydrogen-bond donors (Lipinski definition) is 3. The van der Waals surface area contributed by atoms with Gasteiger partial charge in [-0.1, -0.05) is 12.1 Å². The Hall–Kier alpha value is -3.86. The lowest BCUT2D eigenvalue weighted by Gasteiger charge is -2.05. The Labute approximate surface area is 160 Å². The molecular formula is C20H18N4O4. The van der Waals surface area contributed by atoms with Crippen LogP contribution in [0.4, 0.5) is 0 Å². The lowest BCUT2D eigenvalue weighted by Crippen LogP contribution is -2.11. The maximum absolute atomic E-state index is 12.3. The fourth-order valence-corrected chi connectivity index (χ4v) is 3.09. The van der Waals surface area contributed by atoms with Gasteiger partial charge < -0.3 is 19.8 Å². The third-order valence-electron chi connectivity index (χ3n) is 4.36. The second-order valence-corrected chi connectivity index (χ2v) is 6.29. The van der Waals surface area contributed by atoms with Gasteiger partial charge in [0.2, 0.25) is 0 Å². The van der Waals surface area contributed by atoms with Crippen molar-refractivity contribution in [1.29, 1.82) is 5.26 Å². The quantitative estimate of drug-likeness (QED) is 0.270. The zero-order chi connectivity index (χ0) is 20.4. The Bertz CT molecular complexity index is 1130. The number of nitriles is 1. The fourth-order valence-electron chi connectivity index (χ4n) is 3.09. The van der Waals surface area contributed by atoms with Crippen molar-refractivity contribution >= 4 is 28.4 Å². The molecule has 0 aliphatic carbocycles. The Morgan fingerprint density at radius 2 is 1.96 bits per heavy atom. The normalized spacial score (nSPS) is 11.8. The third-order valence-corrected chi connectivity index (χ3v) is 4.36. The van der Waals surface area contributed by atoms with Crippen LogP contribution in [0.3, 0.4) is 0 Å². The van der Waals surface area contributed by atoms with Crippen LogP contribution >= 0.6 is 0 Å². The number of carbonyl (C=O) groups is 2. The lowest BCUT2D eigenvalue weighted by molar-refractivity contribution is 0.0495. The maximum atomic E-state index is 12.3. The predicted octanol–water partition coefficient (Wildman–Crippen LogP) is 3.36. The number of allylic oxidation sites excluding steroid dienone is 1. The van der Waals surface area contributed by atoms with Crippen LogP contribution in [-0.2, 0) is 4.74 Å². The molecule has 0 fully saturated rings. The van der Waals surface area contributed by atoms with E-state index in [1.807, 2.05) is 12.1 Å². The van der Waals surface area contributed by atoms with Gasteiger partial charge in [0.25, 0.3) is 0 Å². The Balaban J connectivity index is 1.82. The second-order valence-electron chi connectivity index (χ2n) is 6.29. The number of imidazole rings is 1. The molecule has 0 unspecified atom stereocenters. The van der Waals surface area contributed by atoms with E-state index in [0.717, 1.165) is 0 Å². The van der Waals surface area contributed by atoms with Crippen molar-refractivity contribution in [3.63, 3.8) is 0 Å². The molecule has 0 atom stereocenters. The second kappa shape index (κ2) is 7.40. The minimum absolute atomic E-state index is 0.118. The van der Waals surface area contributed by atoms with Crippen molar-refractivity contribution in [1.82, 2.24) is 15.0 Å². The zero-order valence-corrected chi connectivity index (χ0v) is 15.6. The lowest BCUT2D eigenvalue weighted by atomic mass is 10.1. The SMILES string of the molecule is CC(=O)c1c(C)[nH]c(C(=O)OC/C(O)=C(\C#N)c2nc3ccccc3[nH]2)c1C. The van der Waals surface area contributed by atoms with Crippen molar-refractivity contribution in [2.45, 2.75) is 20.8 Å². The number of aromatic nitrogens is 3. The first kappa shape index (κ1) is 18.9. The number of aryl methyl sites for hydroxylation is 1. The molecule has 0 aliphatic rings. The number of hydrogen-bond acceptors (Lipinski definition) is 6. The number of carbonyl (C=O) groups excluding carboxylic acids is 2.